The highest BCUT2D eigenvalue weighted by Gasteiger charge is 2.34. The summed E-state index contributed by atoms with van der Waals surface area (Å²) in [4.78, 5) is 16.2. The Kier molecular flexibility index (Phi) is 2.79. The maximum atomic E-state index is 10.0. The van der Waals surface area contributed by atoms with E-state index in [1.54, 1.807) is 23.3 Å². The quantitative estimate of drug-likeness (QED) is 0.707. The van der Waals surface area contributed by atoms with Crippen molar-refractivity contribution < 1.29 is 5.11 Å². The third-order valence-corrected chi connectivity index (χ3v) is 3.24. The van der Waals surface area contributed by atoms with E-state index in [-0.39, 0.29) is 5.95 Å². The third kappa shape index (κ3) is 2.48. The van der Waals surface area contributed by atoms with Crippen LogP contribution in [0, 0.1) is 0 Å². The van der Waals surface area contributed by atoms with Crippen LogP contribution in [0.2, 0.25) is 0 Å². The summed E-state index contributed by atoms with van der Waals surface area (Å²) < 4.78 is 1.64. The maximum absolute atomic E-state index is 10.0. The van der Waals surface area contributed by atoms with Crippen molar-refractivity contribution in [3.63, 3.8) is 0 Å². The van der Waals surface area contributed by atoms with E-state index in [0.29, 0.717) is 18.4 Å². The SMILES string of the molecule is Nc1nc(NCC2(O)CCC2)nc(-n2ccnc2)n1. The van der Waals surface area contributed by atoms with Gasteiger partial charge in [0.15, 0.2) is 0 Å². The van der Waals surface area contributed by atoms with Gasteiger partial charge in [-0.2, -0.15) is 15.0 Å². The lowest BCUT2D eigenvalue weighted by Crippen LogP contribution is -2.43. The minimum absolute atomic E-state index is 0.127. The van der Waals surface area contributed by atoms with Crippen LogP contribution in [0.15, 0.2) is 18.7 Å². The van der Waals surface area contributed by atoms with Crippen LogP contribution in [-0.2, 0) is 0 Å². The van der Waals surface area contributed by atoms with E-state index >= 15 is 0 Å². The zero-order valence-corrected chi connectivity index (χ0v) is 10.3. The molecule has 2 aromatic rings. The molecule has 1 aliphatic carbocycles. The lowest BCUT2D eigenvalue weighted by Gasteiger charge is -2.36. The van der Waals surface area contributed by atoms with E-state index < -0.39 is 5.60 Å². The number of nitrogen functional groups attached to an aromatic ring is 1. The van der Waals surface area contributed by atoms with Crippen molar-refractivity contribution in [2.45, 2.75) is 24.9 Å². The fourth-order valence-electron chi connectivity index (χ4n) is 1.96. The molecule has 8 nitrogen and oxygen atoms in total. The van der Waals surface area contributed by atoms with Gasteiger partial charge in [0.25, 0.3) is 0 Å². The maximum Gasteiger partial charge on any atom is 0.241 e. The van der Waals surface area contributed by atoms with E-state index in [9.17, 15) is 5.11 Å². The minimum Gasteiger partial charge on any atom is -0.388 e. The molecule has 1 fully saturated rings. The summed E-state index contributed by atoms with van der Waals surface area (Å²) in [6.45, 7) is 0.416. The van der Waals surface area contributed by atoms with E-state index in [1.807, 2.05) is 0 Å². The molecule has 0 unspecified atom stereocenters. The van der Waals surface area contributed by atoms with Gasteiger partial charge in [-0.25, -0.2) is 4.98 Å². The predicted octanol–water partition coefficient (Wildman–Crippen LogP) is -0.0336. The molecule has 1 saturated carbocycles. The molecule has 0 saturated heterocycles. The van der Waals surface area contributed by atoms with Crippen LogP contribution >= 0.6 is 0 Å². The van der Waals surface area contributed by atoms with Crippen LogP contribution in [-0.4, -0.2) is 41.8 Å². The summed E-state index contributed by atoms with van der Waals surface area (Å²) in [5, 5.41) is 13.0. The van der Waals surface area contributed by atoms with Gasteiger partial charge in [0.2, 0.25) is 17.8 Å². The molecule has 3 rings (SSSR count). The van der Waals surface area contributed by atoms with Crippen LogP contribution in [0.1, 0.15) is 19.3 Å². The predicted molar refractivity (Wildman–Crippen MR) is 68.7 cm³/mol. The number of hydrogen-bond acceptors (Lipinski definition) is 7. The Balaban J connectivity index is 1.78. The van der Waals surface area contributed by atoms with Gasteiger partial charge >= 0.3 is 0 Å². The second-order valence-corrected chi connectivity index (χ2v) is 4.72. The van der Waals surface area contributed by atoms with E-state index in [2.05, 4.69) is 25.3 Å². The average molecular weight is 261 g/mol. The lowest BCUT2D eigenvalue weighted by molar-refractivity contribution is -0.0203. The summed E-state index contributed by atoms with van der Waals surface area (Å²) >= 11 is 0. The van der Waals surface area contributed by atoms with Crippen LogP contribution in [0.3, 0.4) is 0 Å². The molecule has 100 valence electrons. The van der Waals surface area contributed by atoms with Gasteiger partial charge in [-0.05, 0) is 19.3 Å². The van der Waals surface area contributed by atoms with Gasteiger partial charge in [-0.15, -0.1) is 0 Å². The topological polar surface area (TPSA) is 115 Å². The Bertz CT molecular complexity index is 564. The highest BCUT2D eigenvalue weighted by molar-refractivity contribution is 5.35. The van der Waals surface area contributed by atoms with Crippen molar-refractivity contribution in [2.24, 2.45) is 0 Å². The first-order chi connectivity index (χ1) is 9.15. The van der Waals surface area contributed by atoms with Crippen molar-refractivity contribution in [2.75, 3.05) is 17.6 Å². The van der Waals surface area contributed by atoms with Crippen LogP contribution in [0.5, 0.6) is 0 Å². The average Bonchev–Trinajstić information content (AvgIpc) is 2.87. The molecule has 0 aliphatic heterocycles. The molecule has 1 aliphatic rings. The number of rotatable bonds is 4. The largest absolute Gasteiger partial charge is 0.388 e. The highest BCUT2D eigenvalue weighted by atomic mass is 16.3. The number of nitrogens with zero attached hydrogens (tertiary/aromatic N) is 5. The molecule has 0 bridgehead atoms. The van der Waals surface area contributed by atoms with Gasteiger partial charge in [0.05, 0.1) is 5.60 Å². The van der Waals surface area contributed by atoms with Gasteiger partial charge in [-0.1, -0.05) is 0 Å². The molecule has 0 spiro atoms. The normalized spacial score (nSPS) is 16.9. The van der Waals surface area contributed by atoms with E-state index in [0.717, 1.165) is 19.3 Å². The van der Waals surface area contributed by atoms with Crippen molar-refractivity contribution in [1.29, 1.82) is 0 Å². The summed E-state index contributed by atoms with van der Waals surface area (Å²) in [6.07, 6.45) is 7.59. The molecular weight excluding hydrogens is 246 g/mol. The fraction of sp³-hybridized carbons (Fsp3) is 0.455. The highest BCUT2D eigenvalue weighted by Crippen LogP contribution is 2.31. The van der Waals surface area contributed by atoms with Gasteiger partial charge < -0.3 is 16.2 Å². The minimum atomic E-state index is -0.642. The number of hydrogen-bond donors (Lipinski definition) is 3. The molecule has 2 aromatic heterocycles. The first kappa shape index (κ1) is 11.8. The van der Waals surface area contributed by atoms with Gasteiger partial charge in [0, 0.05) is 18.9 Å². The molecule has 2 heterocycles. The van der Waals surface area contributed by atoms with Gasteiger partial charge in [-0.3, -0.25) is 4.57 Å². The Morgan fingerprint density at radius 3 is 2.84 bits per heavy atom. The van der Waals surface area contributed by atoms with Crippen molar-refractivity contribution in [1.82, 2.24) is 24.5 Å². The Morgan fingerprint density at radius 2 is 2.21 bits per heavy atom. The smallest absolute Gasteiger partial charge is 0.241 e. The van der Waals surface area contributed by atoms with E-state index in [4.69, 9.17) is 5.73 Å². The summed E-state index contributed by atoms with van der Waals surface area (Å²) in [7, 11) is 0. The molecule has 8 heteroatoms. The second kappa shape index (κ2) is 4.47. The van der Waals surface area contributed by atoms with Crippen molar-refractivity contribution in [3.05, 3.63) is 18.7 Å². The van der Waals surface area contributed by atoms with E-state index in [1.165, 1.54) is 0 Å². The number of aliphatic hydroxyl groups is 1. The summed E-state index contributed by atoms with van der Waals surface area (Å²) in [5.41, 5.74) is 5.01. The summed E-state index contributed by atoms with van der Waals surface area (Å²) in [6, 6.07) is 0. The van der Waals surface area contributed by atoms with Gasteiger partial charge in [0.1, 0.15) is 6.33 Å². The first-order valence-electron chi connectivity index (χ1n) is 6.11. The Morgan fingerprint density at radius 1 is 1.37 bits per heavy atom. The van der Waals surface area contributed by atoms with Crippen LogP contribution < -0.4 is 11.1 Å². The lowest BCUT2D eigenvalue weighted by atomic mass is 9.80. The molecule has 19 heavy (non-hydrogen) atoms. The number of aromatic nitrogens is 5. The number of anilines is 2. The van der Waals surface area contributed by atoms with Crippen LogP contribution in [0.25, 0.3) is 5.95 Å². The monoisotopic (exact) mass is 261 g/mol. The zero-order chi connectivity index (χ0) is 13.3. The standard InChI is InChI=1S/C11H15N7O/c12-8-15-9(14-6-11(19)2-1-3-11)17-10(16-8)18-5-4-13-7-18/h4-5,7,19H,1-3,6H2,(H3,12,14,15,16,17). The van der Waals surface area contributed by atoms with Crippen molar-refractivity contribution >= 4 is 11.9 Å². The Labute approximate surface area is 109 Å². The molecule has 4 N–H and O–H groups in total. The van der Waals surface area contributed by atoms with Crippen molar-refractivity contribution in [3.8, 4) is 5.95 Å². The third-order valence-electron chi connectivity index (χ3n) is 3.24. The first-order valence-corrected chi connectivity index (χ1v) is 6.11. The molecule has 0 radical (unpaired) electrons. The zero-order valence-electron chi connectivity index (χ0n) is 10.3. The fourth-order valence-corrected chi connectivity index (χ4v) is 1.96. The van der Waals surface area contributed by atoms with Crippen LogP contribution in [0.4, 0.5) is 11.9 Å². The number of nitrogens with one attached hydrogen (secondary N) is 1. The Hall–Kier alpha value is -2.22. The molecule has 0 atom stereocenters. The number of nitrogens with two attached hydrogens (primary N) is 1. The second-order valence-electron chi connectivity index (χ2n) is 4.72. The molecular formula is C11H15N7O. The molecule has 0 amide bonds. The summed E-state index contributed by atoms with van der Waals surface area (Å²) in [5.74, 6) is 0.881. The number of imidazole rings is 1. The molecule has 0 aromatic carbocycles.